The lowest BCUT2D eigenvalue weighted by atomic mass is 10.2. The van der Waals surface area contributed by atoms with Crippen molar-refractivity contribution in [2.24, 2.45) is 5.84 Å². The van der Waals surface area contributed by atoms with E-state index in [2.05, 4.69) is 31.3 Å². The summed E-state index contributed by atoms with van der Waals surface area (Å²) in [6.07, 6.45) is 3.14. The summed E-state index contributed by atoms with van der Waals surface area (Å²) in [6, 6.07) is 3.64. The van der Waals surface area contributed by atoms with Crippen LogP contribution < -0.4 is 16.8 Å². The van der Waals surface area contributed by atoms with Gasteiger partial charge in [0.25, 0.3) is 5.56 Å². The van der Waals surface area contributed by atoms with Crippen molar-refractivity contribution in [2.75, 3.05) is 5.43 Å². The minimum atomic E-state index is -0.130. The Balaban J connectivity index is 2.41. The summed E-state index contributed by atoms with van der Waals surface area (Å²) in [5.74, 6) is 5.91. The molecule has 7 heteroatoms. The minimum Gasteiger partial charge on any atom is -0.308 e. The van der Waals surface area contributed by atoms with Crippen molar-refractivity contribution < 1.29 is 0 Å². The molecule has 0 atom stereocenters. The van der Waals surface area contributed by atoms with Crippen LogP contribution >= 0.6 is 15.9 Å². The van der Waals surface area contributed by atoms with Crippen LogP contribution in [0.3, 0.4) is 0 Å². The van der Waals surface area contributed by atoms with Gasteiger partial charge in [0.05, 0.1) is 18.6 Å². The van der Waals surface area contributed by atoms with Gasteiger partial charge in [0.2, 0.25) is 0 Å². The van der Waals surface area contributed by atoms with Crippen LogP contribution in [-0.2, 0) is 6.54 Å². The first-order valence-electron chi connectivity index (χ1n) is 5.25. The van der Waals surface area contributed by atoms with Gasteiger partial charge in [0.1, 0.15) is 10.3 Å². The fourth-order valence-electron chi connectivity index (χ4n) is 1.54. The van der Waals surface area contributed by atoms with Crippen LogP contribution in [0, 0.1) is 6.92 Å². The van der Waals surface area contributed by atoms with Crippen LogP contribution in [0.4, 0.5) is 5.82 Å². The largest absolute Gasteiger partial charge is 0.308 e. The molecule has 0 fully saturated rings. The molecule has 0 aromatic carbocycles. The Hall–Kier alpha value is -1.73. The molecule has 6 nitrogen and oxygen atoms in total. The van der Waals surface area contributed by atoms with Crippen molar-refractivity contribution in [2.45, 2.75) is 13.5 Å². The van der Waals surface area contributed by atoms with Gasteiger partial charge in [-0.15, -0.1) is 0 Å². The lowest BCUT2D eigenvalue weighted by Gasteiger charge is -2.10. The van der Waals surface area contributed by atoms with E-state index >= 15 is 0 Å². The first-order valence-corrected chi connectivity index (χ1v) is 6.05. The molecule has 0 saturated heterocycles. The molecule has 3 N–H and O–H groups in total. The van der Waals surface area contributed by atoms with Crippen molar-refractivity contribution >= 4 is 21.7 Å². The number of hydrogen-bond donors (Lipinski definition) is 2. The summed E-state index contributed by atoms with van der Waals surface area (Å²) in [5, 5.41) is 0. The lowest BCUT2D eigenvalue weighted by molar-refractivity contribution is 0.723. The monoisotopic (exact) mass is 309 g/mol. The van der Waals surface area contributed by atoms with E-state index in [0.29, 0.717) is 22.5 Å². The third kappa shape index (κ3) is 2.41. The van der Waals surface area contributed by atoms with E-state index in [0.717, 1.165) is 5.56 Å². The Kier molecular flexibility index (Phi) is 3.73. The normalized spacial score (nSPS) is 10.4. The van der Waals surface area contributed by atoms with E-state index in [9.17, 15) is 4.79 Å². The molecule has 2 aromatic heterocycles. The molecule has 0 aliphatic heterocycles. The van der Waals surface area contributed by atoms with Gasteiger partial charge in [-0.1, -0.05) is 6.07 Å². The maximum atomic E-state index is 12.0. The summed E-state index contributed by atoms with van der Waals surface area (Å²) < 4.78 is 1.96. The predicted octanol–water partition coefficient (Wildman–Crippen LogP) is 1.04. The number of nitrogens with two attached hydrogens (primary N) is 1. The van der Waals surface area contributed by atoms with E-state index < -0.39 is 0 Å². The van der Waals surface area contributed by atoms with Gasteiger partial charge < -0.3 is 5.43 Å². The van der Waals surface area contributed by atoms with E-state index in [1.165, 1.54) is 10.9 Å². The Labute approximate surface area is 112 Å². The van der Waals surface area contributed by atoms with Gasteiger partial charge in [0.15, 0.2) is 0 Å². The topological polar surface area (TPSA) is 85.8 Å². The summed E-state index contributed by atoms with van der Waals surface area (Å²) in [5.41, 5.74) is 3.86. The van der Waals surface area contributed by atoms with Crippen LogP contribution in [0.25, 0.3) is 0 Å². The summed E-state index contributed by atoms with van der Waals surface area (Å²) in [7, 11) is 0. The summed E-state index contributed by atoms with van der Waals surface area (Å²) >= 11 is 3.23. The third-order valence-electron chi connectivity index (χ3n) is 2.53. The molecule has 0 unspecified atom stereocenters. The molecule has 2 rings (SSSR count). The average Bonchev–Trinajstić information content (AvgIpc) is 2.40. The molecule has 0 bridgehead atoms. The Morgan fingerprint density at radius 1 is 1.50 bits per heavy atom. The maximum absolute atomic E-state index is 12.0. The summed E-state index contributed by atoms with van der Waals surface area (Å²) in [4.78, 5) is 20.2. The molecule has 94 valence electrons. The van der Waals surface area contributed by atoms with Gasteiger partial charge in [-0.05, 0) is 28.9 Å². The number of pyridine rings is 1. The Bertz CT molecular complexity index is 625. The molecule has 18 heavy (non-hydrogen) atoms. The number of halogens is 1. The zero-order valence-corrected chi connectivity index (χ0v) is 11.3. The molecular formula is C11H12BrN5O. The fourth-order valence-corrected chi connectivity index (χ4v) is 1.87. The molecular weight excluding hydrogens is 298 g/mol. The van der Waals surface area contributed by atoms with E-state index in [4.69, 9.17) is 5.84 Å². The zero-order valence-electron chi connectivity index (χ0n) is 9.72. The minimum absolute atomic E-state index is 0.130. The number of hydrogen-bond acceptors (Lipinski definition) is 5. The second kappa shape index (κ2) is 5.28. The number of hydrazine groups is 1. The van der Waals surface area contributed by atoms with E-state index in [-0.39, 0.29) is 5.56 Å². The van der Waals surface area contributed by atoms with E-state index in [1.54, 1.807) is 19.2 Å². The molecule has 0 aliphatic carbocycles. The second-order valence-corrected chi connectivity index (χ2v) is 4.53. The van der Waals surface area contributed by atoms with Crippen molar-refractivity contribution in [3.8, 4) is 0 Å². The van der Waals surface area contributed by atoms with Crippen LogP contribution in [0.2, 0.25) is 0 Å². The van der Waals surface area contributed by atoms with Crippen LogP contribution in [0.15, 0.2) is 33.9 Å². The van der Waals surface area contributed by atoms with Crippen molar-refractivity contribution in [3.05, 3.63) is 50.7 Å². The number of aryl methyl sites for hydroxylation is 1. The van der Waals surface area contributed by atoms with Gasteiger partial charge in [-0.25, -0.2) is 15.8 Å². The first kappa shape index (κ1) is 12.7. The van der Waals surface area contributed by atoms with Crippen LogP contribution in [0.5, 0.6) is 0 Å². The number of rotatable bonds is 3. The van der Waals surface area contributed by atoms with E-state index in [1.807, 2.05) is 6.07 Å². The number of nitrogens with zero attached hydrogens (tertiary/aromatic N) is 3. The lowest BCUT2D eigenvalue weighted by Crippen LogP contribution is -2.23. The van der Waals surface area contributed by atoms with Crippen molar-refractivity contribution in [1.29, 1.82) is 0 Å². The highest BCUT2D eigenvalue weighted by molar-refractivity contribution is 9.10. The van der Waals surface area contributed by atoms with Gasteiger partial charge >= 0.3 is 0 Å². The smallest absolute Gasteiger partial charge is 0.268 e. The summed E-state index contributed by atoms with van der Waals surface area (Å²) in [6.45, 7) is 2.13. The number of anilines is 1. The number of nitrogens with one attached hydrogen (secondary N) is 1. The van der Waals surface area contributed by atoms with Gasteiger partial charge in [-0.3, -0.25) is 9.36 Å². The second-order valence-electron chi connectivity index (χ2n) is 3.73. The highest BCUT2D eigenvalue weighted by Gasteiger charge is 2.08. The molecule has 0 amide bonds. The standard InChI is InChI=1S/C11H12BrN5O/c1-7-9(12)11(18)17(6-15-7)5-8-3-2-4-14-10(8)16-13/h2-4,6H,5,13H2,1H3,(H,14,16). The third-order valence-corrected chi connectivity index (χ3v) is 3.44. The molecule has 0 spiro atoms. The molecule has 0 saturated carbocycles. The number of nitrogen functional groups attached to an aromatic ring is 1. The molecule has 0 radical (unpaired) electrons. The molecule has 0 aliphatic rings. The van der Waals surface area contributed by atoms with Crippen molar-refractivity contribution in [3.63, 3.8) is 0 Å². The highest BCUT2D eigenvalue weighted by atomic mass is 79.9. The van der Waals surface area contributed by atoms with Gasteiger partial charge in [-0.2, -0.15) is 0 Å². The SMILES string of the molecule is Cc1ncn(Cc2cccnc2NN)c(=O)c1Br. The molecule has 2 aromatic rings. The van der Waals surface area contributed by atoms with Gasteiger partial charge in [0, 0.05) is 11.8 Å². The Morgan fingerprint density at radius 3 is 3.00 bits per heavy atom. The quantitative estimate of drug-likeness (QED) is 0.653. The zero-order chi connectivity index (χ0) is 13.1. The predicted molar refractivity (Wildman–Crippen MR) is 72.1 cm³/mol. The van der Waals surface area contributed by atoms with Crippen molar-refractivity contribution in [1.82, 2.24) is 14.5 Å². The number of aromatic nitrogens is 3. The average molecular weight is 310 g/mol. The van der Waals surface area contributed by atoms with Crippen LogP contribution in [-0.4, -0.2) is 14.5 Å². The highest BCUT2D eigenvalue weighted by Crippen LogP contribution is 2.12. The van der Waals surface area contributed by atoms with Crippen LogP contribution in [0.1, 0.15) is 11.3 Å². The fraction of sp³-hybridized carbons (Fsp3) is 0.182. The first-order chi connectivity index (χ1) is 8.63. The Morgan fingerprint density at radius 2 is 2.28 bits per heavy atom. The molecule has 2 heterocycles. The maximum Gasteiger partial charge on any atom is 0.268 e.